The summed E-state index contributed by atoms with van der Waals surface area (Å²) in [4.78, 5) is 11.9. The molecule has 0 aromatic rings. The second kappa shape index (κ2) is 6.38. The van der Waals surface area contributed by atoms with Crippen molar-refractivity contribution >= 4 is 16.3 Å². The second-order valence-electron chi connectivity index (χ2n) is 4.72. The van der Waals surface area contributed by atoms with Gasteiger partial charge in [-0.05, 0) is 46.5 Å². The van der Waals surface area contributed by atoms with Gasteiger partial charge in [0.1, 0.15) is 0 Å². The van der Waals surface area contributed by atoms with Crippen LogP contribution in [0.3, 0.4) is 0 Å². The first-order chi connectivity index (χ1) is 8.79. The number of ether oxygens (including phenoxy) is 1. The fourth-order valence-electron chi connectivity index (χ4n) is 2.29. The lowest BCUT2D eigenvalue weighted by Gasteiger charge is -2.31. The van der Waals surface area contributed by atoms with Crippen LogP contribution in [0.15, 0.2) is 11.3 Å². The van der Waals surface area contributed by atoms with E-state index < -0.39 is 22.3 Å². The molecule has 7 heteroatoms. The molecule has 0 saturated heterocycles. The summed E-state index contributed by atoms with van der Waals surface area (Å²) in [5, 5.41) is 0. The molecule has 1 N–H and O–H groups in total. The standard InChI is InChI=1S/C12H21NO5S/c1-4-18-12(14)10-7-5-6-8-11(10)13(9(2)3)19(15,16)17/h9H,4-8H2,1-3H3,(H,15,16,17). The van der Waals surface area contributed by atoms with Crippen molar-refractivity contribution in [3.63, 3.8) is 0 Å². The minimum Gasteiger partial charge on any atom is -0.463 e. The quantitative estimate of drug-likeness (QED) is 0.617. The monoisotopic (exact) mass is 291 g/mol. The van der Waals surface area contributed by atoms with Crippen LogP contribution >= 0.6 is 0 Å². The summed E-state index contributed by atoms with van der Waals surface area (Å²) in [6, 6.07) is -0.451. The number of esters is 1. The number of carbonyl (C=O) groups excluding carboxylic acids is 1. The highest BCUT2D eigenvalue weighted by Gasteiger charge is 2.31. The molecule has 6 nitrogen and oxygen atoms in total. The average molecular weight is 291 g/mol. The van der Waals surface area contributed by atoms with Crippen LogP contribution in [-0.2, 0) is 19.8 Å². The van der Waals surface area contributed by atoms with Gasteiger partial charge in [0.05, 0.1) is 12.2 Å². The van der Waals surface area contributed by atoms with Gasteiger partial charge >= 0.3 is 16.3 Å². The molecule has 0 spiro atoms. The highest BCUT2D eigenvalue weighted by Crippen LogP contribution is 2.31. The molecule has 0 aromatic carbocycles. The molecule has 0 heterocycles. The van der Waals surface area contributed by atoms with E-state index in [0.29, 0.717) is 24.1 Å². The zero-order chi connectivity index (χ0) is 14.6. The fraction of sp³-hybridized carbons (Fsp3) is 0.750. The molecular formula is C12H21NO5S. The van der Waals surface area contributed by atoms with Gasteiger partial charge < -0.3 is 4.74 Å². The zero-order valence-electron chi connectivity index (χ0n) is 11.5. The van der Waals surface area contributed by atoms with Gasteiger partial charge in [0, 0.05) is 11.7 Å². The second-order valence-corrected chi connectivity index (χ2v) is 6.01. The molecule has 1 aliphatic carbocycles. The predicted octanol–water partition coefficient (Wildman–Crippen LogP) is 1.89. The molecule has 0 bridgehead atoms. The van der Waals surface area contributed by atoms with Crippen molar-refractivity contribution in [2.75, 3.05) is 6.61 Å². The van der Waals surface area contributed by atoms with E-state index in [9.17, 15) is 17.8 Å². The largest absolute Gasteiger partial charge is 0.463 e. The Bertz CT molecular complexity index is 467. The van der Waals surface area contributed by atoms with Crippen LogP contribution in [0.2, 0.25) is 0 Å². The maximum Gasteiger partial charge on any atom is 0.359 e. The number of rotatable bonds is 5. The Kier molecular flexibility index (Phi) is 5.37. The molecule has 1 aliphatic rings. The summed E-state index contributed by atoms with van der Waals surface area (Å²) in [6.45, 7) is 5.24. The molecule has 0 amide bonds. The summed E-state index contributed by atoms with van der Waals surface area (Å²) in [5.41, 5.74) is 0.724. The highest BCUT2D eigenvalue weighted by atomic mass is 32.2. The van der Waals surface area contributed by atoms with E-state index in [-0.39, 0.29) is 6.61 Å². The first kappa shape index (κ1) is 16.0. The molecule has 0 saturated carbocycles. The van der Waals surface area contributed by atoms with Crippen molar-refractivity contribution in [2.24, 2.45) is 0 Å². The minimum atomic E-state index is -4.38. The molecule has 1 rings (SSSR count). The molecule has 0 unspecified atom stereocenters. The van der Waals surface area contributed by atoms with Crippen molar-refractivity contribution in [1.29, 1.82) is 0 Å². The van der Waals surface area contributed by atoms with Crippen LogP contribution in [0, 0.1) is 0 Å². The van der Waals surface area contributed by atoms with Gasteiger partial charge in [-0.15, -0.1) is 0 Å². The molecule has 110 valence electrons. The van der Waals surface area contributed by atoms with E-state index in [1.165, 1.54) is 0 Å². The summed E-state index contributed by atoms with van der Waals surface area (Å²) < 4.78 is 38.2. The van der Waals surface area contributed by atoms with Crippen molar-refractivity contribution in [2.45, 2.75) is 52.5 Å². The number of carbonyl (C=O) groups is 1. The lowest BCUT2D eigenvalue weighted by atomic mass is 9.96. The van der Waals surface area contributed by atoms with Crippen LogP contribution in [0.1, 0.15) is 46.5 Å². The molecule has 0 atom stereocenters. The molecule has 0 aromatic heterocycles. The van der Waals surface area contributed by atoms with Crippen molar-refractivity contribution in [3.05, 3.63) is 11.3 Å². The Morgan fingerprint density at radius 2 is 1.95 bits per heavy atom. The van der Waals surface area contributed by atoms with E-state index in [1.807, 2.05) is 0 Å². The molecule has 0 fully saturated rings. The van der Waals surface area contributed by atoms with Gasteiger partial charge in [-0.2, -0.15) is 8.42 Å². The van der Waals surface area contributed by atoms with Crippen molar-refractivity contribution in [1.82, 2.24) is 4.31 Å². The summed E-state index contributed by atoms with van der Waals surface area (Å²) >= 11 is 0. The fourth-order valence-corrected chi connectivity index (χ4v) is 3.30. The van der Waals surface area contributed by atoms with E-state index >= 15 is 0 Å². The van der Waals surface area contributed by atoms with Gasteiger partial charge in [0.25, 0.3) is 0 Å². The lowest BCUT2D eigenvalue weighted by molar-refractivity contribution is -0.138. The third-order valence-electron chi connectivity index (χ3n) is 2.94. The maximum absolute atomic E-state index is 11.9. The average Bonchev–Trinajstić information content (AvgIpc) is 2.27. The van der Waals surface area contributed by atoms with Crippen LogP contribution in [-0.4, -0.2) is 35.9 Å². The van der Waals surface area contributed by atoms with Gasteiger partial charge in [-0.25, -0.2) is 9.10 Å². The molecule has 0 radical (unpaired) electrons. The Morgan fingerprint density at radius 1 is 1.37 bits per heavy atom. The normalized spacial score (nSPS) is 16.7. The van der Waals surface area contributed by atoms with E-state index in [2.05, 4.69) is 0 Å². The van der Waals surface area contributed by atoms with Crippen molar-refractivity contribution < 1.29 is 22.5 Å². The number of hydrogen-bond acceptors (Lipinski definition) is 4. The number of allylic oxidation sites excluding steroid dienone is 1. The Labute approximate surface area is 114 Å². The van der Waals surface area contributed by atoms with E-state index in [0.717, 1.165) is 17.1 Å². The van der Waals surface area contributed by atoms with Gasteiger partial charge in [-0.3, -0.25) is 4.55 Å². The van der Waals surface area contributed by atoms with E-state index in [4.69, 9.17) is 4.74 Å². The highest BCUT2D eigenvalue weighted by molar-refractivity contribution is 7.83. The smallest absolute Gasteiger partial charge is 0.359 e. The zero-order valence-corrected chi connectivity index (χ0v) is 12.4. The van der Waals surface area contributed by atoms with Crippen molar-refractivity contribution in [3.8, 4) is 0 Å². The first-order valence-electron chi connectivity index (χ1n) is 6.45. The lowest BCUT2D eigenvalue weighted by Crippen LogP contribution is -2.38. The maximum atomic E-state index is 11.9. The van der Waals surface area contributed by atoms with E-state index in [1.54, 1.807) is 20.8 Å². The molecule has 19 heavy (non-hydrogen) atoms. The summed E-state index contributed by atoms with van der Waals surface area (Å²) in [6.07, 6.45) is 2.53. The number of hydrogen-bond donors (Lipinski definition) is 1. The molecular weight excluding hydrogens is 270 g/mol. The minimum absolute atomic E-state index is 0.239. The van der Waals surface area contributed by atoms with Gasteiger partial charge in [0.2, 0.25) is 0 Å². The topological polar surface area (TPSA) is 83.9 Å². The SMILES string of the molecule is CCOC(=O)C1=C(N(C(C)C)S(=O)(=O)O)CCCC1. The summed E-state index contributed by atoms with van der Waals surface area (Å²) in [7, 11) is -4.38. The molecule has 0 aliphatic heterocycles. The Hall–Kier alpha value is -1.08. The third-order valence-corrected chi connectivity index (χ3v) is 4.08. The van der Waals surface area contributed by atoms with Crippen LogP contribution in [0.4, 0.5) is 0 Å². The van der Waals surface area contributed by atoms with Gasteiger partial charge in [-0.1, -0.05) is 0 Å². The Morgan fingerprint density at radius 3 is 2.42 bits per heavy atom. The summed E-state index contributed by atoms with van der Waals surface area (Å²) in [5.74, 6) is -0.494. The van der Waals surface area contributed by atoms with Gasteiger partial charge in [0.15, 0.2) is 0 Å². The van der Waals surface area contributed by atoms with Crippen LogP contribution < -0.4 is 0 Å². The predicted molar refractivity (Wildman–Crippen MR) is 70.7 cm³/mol. The third kappa shape index (κ3) is 3.94. The number of nitrogens with zero attached hydrogens (tertiary/aromatic N) is 1. The first-order valence-corrected chi connectivity index (χ1v) is 7.84. The Balaban J connectivity index is 3.25. The van der Waals surface area contributed by atoms with Crippen LogP contribution in [0.25, 0.3) is 0 Å². The van der Waals surface area contributed by atoms with Crippen LogP contribution in [0.5, 0.6) is 0 Å².